The number of halogens is 1. The van der Waals surface area contributed by atoms with E-state index >= 15 is 0 Å². The minimum Gasteiger partial charge on any atom is -0.484 e. The van der Waals surface area contributed by atoms with Gasteiger partial charge in [-0.1, -0.05) is 0 Å². The number of anilines is 1. The van der Waals surface area contributed by atoms with Gasteiger partial charge in [0.25, 0.3) is 5.95 Å². The molecule has 0 amide bonds. The Morgan fingerprint density at radius 3 is 3.00 bits per heavy atom. The Morgan fingerprint density at radius 2 is 2.38 bits per heavy atom. The van der Waals surface area contributed by atoms with Gasteiger partial charge in [-0.15, -0.1) is 0 Å². The maximum atomic E-state index is 13.1. The molecule has 1 N–H and O–H groups in total. The fraction of sp³-hybridized carbons (Fsp3) is 0.444. The molecule has 13 heavy (non-hydrogen) atoms. The van der Waals surface area contributed by atoms with Crippen molar-refractivity contribution < 1.29 is 9.13 Å². The van der Waals surface area contributed by atoms with Crippen LogP contribution in [0.15, 0.2) is 12.3 Å². The molecule has 0 bridgehead atoms. The van der Waals surface area contributed by atoms with E-state index in [1.165, 1.54) is 6.20 Å². The predicted molar refractivity (Wildman–Crippen MR) is 47.4 cm³/mol. The van der Waals surface area contributed by atoms with Crippen LogP contribution in [-0.2, 0) is 0 Å². The quantitative estimate of drug-likeness (QED) is 0.724. The van der Waals surface area contributed by atoms with Gasteiger partial charge in [-0.25, -0.2) is 4.98 Å². The summed E-state index contributed by atoms with van der Waals surface area (Å²) in [6.07, 6.45) is 3.63. The Bertz CT molecular complexity index is 312. The Labute approximate surface area is 75.9 Å². The van der Waals surface area contributed by atoms with Crippen LogP contribution in [0.1, 0.15) is 12.8 Å². The first-order chi connectivity index (χ1) is 6.31. The fourth-order valence-electron chi connectivity index (χ4n) is 1.08. The molecule has 0 spiro atoms. The molecule has 2 rings (SSSR count). The van der Waals surface area contributed by atoms with Crippen molar-refractivity contribution in [2.75, 3.05) is 12.4 Å². The SMILES string of the molecule is CNc1ccnc(F)c1OC1CC1. The number of pyridine rings is 1. The number of aromatic nitrogens is 1. The highest BCUT2D eigenvalue weighted by atomic mass is 19.1. The first-order valence-corrected chi connectivity index (χ1v) is 4.30. The van der Waals surface area contributed by atoms with Crippen molar-refractivity contribution in [3.8, 4) is 5.75 Å². The van der Waals surface area contributed by atoms with Gasteiger partial charge in [-0.2, -0.15) is 4.39 Å². The molecule has 4 heteroatoms. The lowest BCUT2D eigenvalue weighted by molar-refractivity contribution is 0.285. The van der Waals surface area contributed by atoms with Gasteiger partial charge in [0, 0.05) is 13.2 Å². The molecule has 1 aliphatic rings. The summed E-state index contributed by atoms with van der Waals surface area (Å²) in [7, 11) is 1.73. The van der Waals surface area contributed by atoms with E-state index < -0.39 is 5.95 Å². The summed E-state index contributed by atoms with van der Waals surface area (Å²) in [6, 6.07) is 1.70. The molecule has 0 unspecified atom stereocenters. The number of nitrogens with zero attached hydrogens (tertiary/aromatic N) is 1. The molecule has 0 aromatic carbocycles. The van der Waals surface area contributed by atoms with Crippen LogP contribution in [0.4, 0.5) is 10.1 Å². The van der Waals surface area contributed by atoms with Gasteiger partial charge < -0.3 is 10.1 Å². The zero-order chi connectivity index (χ0) is 9.26. The maximum Gasteiger partial charge on any atom is 0.257 e. The van der Waals surface area contributed by atoms with Crippen molar-refractivity contribution in [3.63, 3.8) is 0 Å². The van der Waals surface area contributed by atoms with E-state index in [4.69, 9.17) is 4.74 Å². The molecular weight excluding hydrogens is 171 g/mol. The van der Waals surface area contributed by atoms with Crippen molar-refractivity contribution in [1.29, 1.82) is 0 Å². The minimum absolute atomic E-state index is 0.186. The molecule has 1 aliphatic carbocycles. The van der Waals surface area contributed by atoms with Crippen LogP contribution in [0.5, 0.6) is 5.75 Å². The highest BCUT2D eigenvalue weighted by Gasteiger charge is 2.26. The topological polar surface area (TPSA) is 34.2 Å². The first kappa shape index (κ1) is 8.29. The van der Waals surface area contributed by atoms with Crippen LogP contribution >= 0.6 is 0 Å². The molecule has 1 heterocycles. The third kappa shape index (κ3) is 1.71. The lowest BCUT2D eigenvalue weighted by atomic mass is 10.4. The molecular formula is C9H11FN2O. The van der Waals surface area contributed by atoms with Crippen molar-refractivity contribution in [2.24, 2.45) is 0 Å². The summed E-state index contributed by atoms with van der Waals surface area (Å²) in [5.74, 6) is -0.300. The molecule has 1 aromatic heterocycles. The highest BCUT2D eigenvalue weighted by Crippen LogP contribution is 2.32. The Kier molecular flexibility index (Phi) is 2.04. The summed E-state index contributed by atoms with van der Waals surface area (Å²) >= 11 is 0. The van der Waals surface area contributed by atoms with Crippen molar-refractivity contribution in [3.05, 3.63) is 18.2 Å². The van der Waals surface area contributed by atoms with Gasteiger partial charge in [0.05, 0.1) is 11.8 Å². The number of hydrogen-bond donors (Lipinski definition) is 1. The van der Waals surface area contributed by atoms with Crippen LogP contribution in [0.25, 0.3) is 0 Å². The number of rotatable bonds is 3. The first-order valence-electron chi connectivity index (χ1n) is 4.30. The lowest BCUT2D eigenvalue weighted by Crippen LogP contribution is -2.03. The third-order valence-corrected chi connectivity index (χ3v) is 1.94. The van der Waals surface area contributed by atoms with Gasteiger partial charge in [-0.3, -0.25) is 0 Å². The van der Waals surface area contributed by atoms with E-state index in [1.54, 1.807) is 13.1 Å². The second kappa shape index (κ2) is 3.20. The van der Waals surface area contributed by atoms with Crippen LogP contribution in [0, 0.1) is 5.95 Å². The highest BCUT2D eigenvalue weighted by molar-refractivity contribution is 5.54. The largest absolute Gasteiger partial charge is 0.484 e. The summed E-state index contributed by atoms with van der Waals surface area (Å²) in [4.78, 5) is 3.54. The molecule has 1 fully saturated rings. The molecule has 70 valence electrons. The van der Waals surface area contributed by atoms with Crippen LogP contribution < -0.4 is 10.1 Å². The fourth-order valence-corrected chi connectivity index (χ4v) is 1.08. The zero-order valence-corrected chi connectivity index (χ0v) is 7.38. The van der Waals surface area contributed by atoms with E-state index in [1.807, 2.05) is 0 Å². The smallest absolute Gasteiger partial charge is 0.257 e. The number of ether oxygens (including phenoxy) is 1. The molecule has 0 radical (unpaired) electrons. The number of nitrogens with one attached hydrogen (secondary N) is 1. The summed E-state index contributed by atoms with van der Waals surface area (Å²) < 4.78 is 18.5. The third-order valence-electron chi connectivity index (χ3n) is 1.94. The zero-order valence-electron chi connectivity index (χ0n) is 7.38. The van der Waals surface area contributed by atoms with E-state index in [0.29, 0.717) is 5.69 Å². The minimum atomic E-state index is -0.543. The predicted octanol–water partition coefficient (Wildman–Crippen LogP) is 1.80. The standard InChI is InChI=1S/C9H11FN2O/c1-11-7-4-5-12-9(10)8(7)13-6-2-3-6/h4-6H,2-3H2,1H3,(H,11,12). The lowest BCUT2D eigenvalue weighted by Gasteiger charge is -2.09. The second-order valence-electron chi connectivity index (χ2n) is 3.05. The molecule has 0 atom stereocenters. The molecule has 0 saturated heterocycles. The van der Waals surface area contributed by atoms with Crippen molar-refractivity contribution >= 4 is 5.69 Å². The molecule has 1 saturated carbocycles. The van der Waals surface area contributed by atoms with Crippen LogP contribution in [-0.4, -0.2) is 18.1 Å². The summed E-state index contributed by atoms with van der Waals surface area (Å²) in [5.41, 5.74) is 0.652. The monoisotopic (exact) mass is 182 g/mol. The average Bonchev–Trinajstić information content (AvgIpc) is 2.92. The van der Waals surface area contributed by atoms with Crippen LogP contribution in [0.3, 0.4) is 0 Å². The van der Waals surface area contributed by atoms with Gasteiger partial charge >= 0.3 is 0 Å². The van der Waals surface area contributed by atoms with Gasteiger partial charge in [-0.05, 0) is 18.9 Å². The second-order valence-corrected chi connectivity index (χ2v) is 3.05. The van der Waals surface area contributed by atoms with E-state index in [2.05, 4.69) is 10.3 Å². The Balaban J connectivity index is 2.27. The van der Waals surface area contributed by atoms with E-state index in [9.17, 15) is 4.39 Å². The van der Waals surface area contributed by atoms with Gasteiger partial charge in [0.1, 0.15) is 0 Å². The molecule has 0 aliphatic heterocycles. The number of hydrogen-bond acceptors (Lipinski definition) is 3. The van der Waals surface area contributed by atoms with Crippen LogP contribution in [0.2, 0.25) is 0 Å². The summed E-state index contributed by atoms with van der Waals surface area (Å²) in [6.45, 7) is 0. The van der Waals surface area contributed by atoms with E-state index in [-0.39, 0.29) is 11.9 Å². The molecule has 1 aromatic rings. The Morgan fingerprint density at radius 1 is 1.62 bits per heavy atom. The van der Waals surface area contributed by atoms with Gasteiger partial charge in [0.2, 0.25) is 0 Å². The van der Waals surface area contributed by atoms with Crippen molar-refractivity contribution in [1.82, 2.24) is 4.98 Å². The van der Waals surface area contributed by atoms with Crippen molar-refractivity contribution in [2.45, 2.75) is 18.9 Å². The van der Waals surface area contributed by atoms with Gasteiger partial charge in [0.15, 0.2) is 5.75 Å². The average molecular weight is 182 g/mol. The Hall–Kier alpha value is -1.32. The molecule has 3 nitrogen and oxygen atoms in total. The maximum absolute atomic E-state index is 13.1. The normalized spacial score (nSPS) is 15.5. The summed E-state index contributed by atoms with van der Waals surface area (Å²) in [5, 5.41) is 2.86. The van der Waals surface area contributed by atoms with E-state index in [0.717, 1.165) is 12.8 Å².